The predicted octanol–water partition coefficient (Wildman–Crippen LogP) is 6.10. The number of alkyl halides is 3. The van der Waals surface area contributed by atoms with Gasteiger partial charge in [-0.05, 0) is 53.6 Å². The SMILES string of the molecule is CN(c1ccc(C(F)(F)F)cc1)c1cccc(Cn2cc(CC(=O)O)c3ccccc32)c1. The number of aliphatic carboxylic acids is 1. The Morgan fingerprint density at radius 3 is 2.38 bits per heavy atom. The first-order valence-corrected chi connectivity index (χ1v) is 10.0. The fourth-order valence-corrected chi connectivity index (χ4v) is 3.84. The number of rotatable bonds is 6. The molecule has 3 aromatic carbocycles. The number of para-hydroxylation sites is 1. The summed E-state index contributed by atoms with van der Waals surface area (Å²) in [5.74, 6) is -0.881. The Labute approximate surface area is 183 Å². The van der Waals surface area contributed by atoms with Crippen LogP contribution < -0.4 is 4.90 Å². The second-order valence-electron chi connectivity index (χ2n) is 7.64. The summed E-state index contributed by atoms with van der Waals surface area (Å²) in [4.78, 5) is 13.1. The van der Waals surface area contributed by atoms with Crippen LogP contribution >= 0.6 is 0 Å². The lowest BCUT2D eigenvalue weighted by Crippen LogP contribution is -2.11. The van der Waals surface area contributed by atoms with Crippen LogP contribution in [0.4, 0.5) is 24.5 Å². The highest BCUT2D eigenvalue weighted by Crippen LogP contribution is 2.32. The largest absolute Gasteiger partial charge is 0.481 e. The van der Waals surface area contributed by atoms with Gasteiger partial charge in [0.1, 0.15) is 0 Å². The lowest BCUT2D eigenvalue weighted by Gasteiger charge is -2.21. The third-order valence-electron chi connectivity index (χ3n) is 5.45. The van der Waals surface area contributed by atoms with Crippen LogP contribution in [0.3, 0.4) is 0 Å². The summed E-state index contributed by atoms with van der Waals surface area (Å²) >= 11 is 0. The van der Waals surface area contributed by atoms with Crippen LogP contribution in [0.2, 0.25) is 0 Å². The minimum absolute atomic E-state index is 0.0514. The highest BCUT2D eigenvalue weighted by Gasteiger charge is 2.30. The first-order valence-electron chi connectivity index (χ1n) is 10.0. The highest BCUT2D eigenvalue weighted by molar-refractivity contribution is 5.87. The second kappa shape index (κ2) is 8.42. The summed E-state index contributed by atoms with van der Waals surface area (Å²) < 4.78 is 40.5. The lowest BCUT2D eigenvalue weighted by atomic mass is 10.1. The Kier molecular flexibility index (Phi) is 5.65. The molecule has 0 radical (unpaired) electrons. The fourth-order valence-electron chi connectivity index (χ4n) is 3.84. The molecular weight excluding hydrogens is 417 g/mol. The normalized spacial score (nSPS) is 11.6. The average Bonchev–Trinajstić information content (AvgIpc) is 3.09. The van der Waals surface area contributed by atoms with E-state index in [1.54, 1.807) is 7.05 Å². The van der Waals surface area contributed by atoms with Crippen molar-refractivity contribution in [2.75, 3.05) is 11.9 Å². The van der Waals surface area contributed by atoms with Crippen molar-refractivity contribution in [3.8, 4) is 0 Å². The molecule has 4 rings (SSSR count). The number of benzene rings is 3. The predicted molar refractivity (Wildman–Crippen MR) is 118 cm³/mol. The van der Waals surface area contributed by atoms with Gasteiger partial charge in [0.15, 0.2) is 0 Å². The molecule has 0 aliphatic carbocycles. The molecule has 0 unspecified atom stereocenters. The molecule has 4 aromatic rings. The van der Waals surface area contributed by atoms with Gasteiger partial charge in [0.2, 0.25) is 0 Å². The summed E-state index contributed by atoms with van der Waals surface area (Å²) in [6.45, 7) is 0.537. The molecular formula is C25H21F3N2O2. The Balaban J connectivity index is 1.61. The topological polar surface area (TPSA) is 45.5 Å². The number of carboxylic acid groups (broad SMARTS) is 1. The Hall–Kier alpha value is -3.74. The molecule has 164 valence electrons. The van der Waals surface area contributed by atoms with Crippen LogP contribution in [-0.4, -0.2) is 22.7 Å². The number of nitrogens with zero attached hydrogens (tertiary/aromatic N) is 2. The van der Waals surface area contributed by atoms with Gasteiger partial charge in [-0.15, -0.1) is 0 Å². The fraction of sp³-hybridized carbons (Fsp3) is 0.160. The number of halogens is 3. The quantitative estimate of drug-likeness (QED) is 0.395. The molecule has 0 aliphatic heterocycles. The van der Waals surface area contributed by atoms with Crippen LogP contribution in [0.1, 0.15) is 16.7 Å². The van der Waals surface area contributed by atoms with E-state index in [1.165, 1.54) is 12.1 Å². The van der Waals surface area contributed by atoms with Crippen molar-refractivity contribution in [3.05, 3.63) is 95.7 Å². The van der Waals surface area contributed by atoms with Crippen molar-refractivity contribution >= 4 is 28.2 Å². The molecule has 1 aromatic heterocycles. The van der Waals surface area contributed by atoms with Gasteiger partial charge >= 0.3 is 12.1 Å². The molecule has 0 atom stereocenters. The third kappa shape index (κ3) is 4.46. The zero-order valence-corrected chi connectivity index (χ0v) is 17.3. The maximum atomic E-state index is 12.8. The molecule has 0 fully saturated rings. The smallest absolute Gasteiger partial charge is 0.416 e. The van der Waals surface area contributed by atoms with Crippen LogP contribution in [0.5, 0.6) is 0 Å². The molecule has 32 heavy (non-hydrogen) atoms. The van der Waals surface area contributed by atoms with E-state index in [4.69, 9.17) is 0 Å². The average molecular weight is 438 g/mol. The van der Waals surface area contributed by atoms with Gasteiger partial charge in [-0.2, -0.15) is 13.2 Å². The molecule has 1 heterocycles. The van der Waals surface area contributed by atoms with E-state index < -0.39 is 17.7 Å². The van der Waals surface area contributed by atoms with Crippen molar-refractivity contribution in [1.82, 2.24) is 4.57 Å². The van der Waals surface area contributed by atoms with E-state index in [0.29, 0.717) is 12.2 Å². The van der Waals surface area contributed by atoms with Gasteiger partial charge in [-0.1, -0.05) is 30.3 Å². The standard InChI is InChI=1S/C25H21F3N2O2/c1-29(20-11-9-19(10-12-20)25(26,27)28)21-6-4-5-17(13-21)15-30-16-18(14-24(31)32)22-7-2-3-8-23(22)30/h2-13,16H,14-15H2,1H3,(H,31,32). The first-order chi connectivity index (χ1) is 15.2. The zero-order chi connectivity index (χ0) is 22.9. The van der Waals surface area contributed by atoms with Crippen molar-refractivity contribution in [2.24, 2.45) is 0 Å². The van der Waals surface area contributed by atoms with Crippen molar-refractivity contribution < 1.29 is 23.1 Å². The summed E-state index contributed by atoms with van der Waals surface area (Å²) in [5, 5.41) is 10.1. The maximum absolute atomic E-state index is 12.8. The minimum atomic E-state index is -4.37. The Bertz CT molecular complexity index is 1260. The maximum Gasteiger partial charge on any atom is 0.416 e. The molecule has 0 bridgehead atoms. The Morgan fingerprint density at radius 2 is 1.69 bits per heavy atom. The van der Waals surface area contributed by atoms with E-state index in [-0.39, 0.29) is 6.42 Å². The monoisotopic (exact) mass is 438 g/mol. The van der Waals surface area contributed by atoms with Gasteiger partial charge in [0.05, 0.1) is 12.0 Å². The third-order valence-corrected chi connectivity index (χ3v) is 5.45. The summed E-state index contributed by atoms with van der Waals surface area (Å²) in [6, 6.07) is 20.5. The van der Waals surface area contributed by atoms with E-state index in [1.807, 2.05) is 64.2 Å². The second-order valence-corrected chi connectivity index (χ2v) is 7.64. The highest BCUT2D eigenvalue weighted by atomic mass is 19.4. The number of hydrogen-bond acceptors (Lipinski definition) is 2. The molecule has 0 spiro atoms. The Morgan fingerprint density at radius 1 is 0.969 bits per heavy atom. The van der Waals surface area contributed by atoms with Gasteiger partial charge < -0.3 is 14.6 Å². The number of fused-ring (bicyclic) bond motifs is 1. The summed E-state index contributed by atoms with van der Waals surface area (Å²) in [7, 11) is 1.80. The van der Waals surface area contributed by atoms with Crippen LogP contribution in [0, 0.1) is 0 Å². The lowest BCUT2D eigenvalue weighted by molar-refractivity contribution is -0.138. The summed E-state index contributed by atoms with van der Waals surface area (Å²) in [5.41, 5.74) is 3.50. The molecule has 4 nitrogen and oxygen atoms in total. The zero-order valence-electron chi connectivity index (χ0n) is 17.3. The van der Waals surface area contributed by atoms with E-state index >= 15 is 0 Å². The van der Waals surface area contributed by atoms with Crippen molar-refractivity contribution in [3.63, 3.8) is 0 Å². The van der Waals surface area contributed by atoms with Gasteiger partial charge in [-0.3, -0.25) is 4.79 Å². The van der Waals surface area contributed by atoms with E-state index in [2.05, 4.69) is 0 Å². The van der Waals surface area contributed by atoms with Gasteiger partial charge in [0, 0.05) is 42.1 Å². The van der Waals surface area contributed by atoms with Crippen LogP contribution in [0.15, 0.2) is 79.0 Å². The number of carboxylic acids is 1. The molecule has 0 saturated carbocycles. The van der Waals surface area contributed by atoms with Crippen molar-refractivity contribution in [2.45, 2.75) is 19.1 Å². The summed E-state index contributed by atoms with van der Waals surface area (Å²) in [6.07, 6.45) is -2.55. The van der Waals surface area contributed by atoms with Crippen molar-refractivity contribution in [1.29, 1.82) is 0 Å². The molecule has 0 saturated heterocycles. The van der Waals surface area contributed by atoms with Gasteiger partial charge in [-0.25, -0.2) is 0 Å². The van der Waals surface area contributed by atoms with Crippen LogP contribution in [0.25, 0.3) is 10.9 Å². The molecule has 0 aliphatic rings. The number of hydrogen-bond donors (Lipinski definition) is 1. The van der Waals surface area contributed by atoms with Gasteiger partial charge in [0.25, 0.3) is 0 Å². The molecule has 1 N–H and O–H groups in total. The number of aromatic nitrogens is 1. The number of carbonyl (C=O) groups is 1. The first kappa shape index (κ1) is 21.5. The minimum Gasteiger partial charge on any atom is -0.481 e. The van der Waals surface area contributed by atoms with E-state index in [0.717, 1.165) is 39.8 Å². The molecule has 7 heteroatoms. The van der Waals surface area contributed by atoms with E-state index in [9.17, 15) is 23.1 Å². The van der Waals surface area contributed by atoms with Crippen LogP contribution in [-0.2, 0) is 23.9 Å². The number of anilines is 2. The molecule has 0 amide bonds.